The Hall–Kier alpha value is -1.15. The minimum Gasteiger partial charge on any atom is -0.359 e. The minimum atomic E-state index is -3.71. The van der Waals surface area contributed by atoms with Crippen LogP contribution in [0.15, 0.2) is 29.2 Å². The van der Waals surface area contributed by atoms with Crippen molar-refractivity contribution in [2.24, 2.45) is 5.92 Å². The number of likely N-dealkylation sites (tertiary alicyclic amines) is 1. The van der Waals surface area contributed by atoms with Crippen LogP contribution in [-0.4, -0.2) is 52.5 Å². The lowest BCUT2D eigenvalue weighted by molar-refractivity contribution is -0.124. The SMILES string of the molecule is CNC(=O)[C@H]1CN(C)C[C@@H]1NS(=O)(=O)c1cccc(Cl)c1. The summed E-state index contributed by atoms with van der Waals surface area (Å²) in [4.78, 5) is 13.9. The van der Waals surface area contributed by atoms with Crippen molar-refractivity contribution in [3.8, 4) is 0 Å². The van der Waals surface area contributed by atoms with E-state index >= 15 is 0 Å². The van der Waals surface area contributed by atoms with Crippen LogP contribution in [0, 0.1) is 5.92 Å². The predicted molar refractivity (Wildman–Crippen MR) is 80.6 cm³/mol. The number of carbonyl (C=O) groups excluding carboxylic acids is 1. The summed E-state index contributed by atoms with van der Waals surface area (Å²) in [6.45, 7) is 1.00. The van der Waals surface area contributed by atoms with E-state index in [9.17, 15) is 13.2 Å². The third-order valence-corrected chi connectivity index (χ3v) is 5.22. The summed E-state index contributed by atoms with van der Waals surface area (Å²) in [6.07, 6.45) is 0. The molecule has 2 rings (SSSR count). The molecule has 6 nitrogen and oxygen atoms in total. The van der Waals surface area contributed by atoms with Gasteiger partial charge < -0.3 is 10.2 Å². The van der Waals surface area contributed by atoms with Gasteiger partial charge in [-0.3, -0.25) is 4.79 Å². The molecule has 0 saturated carbocycles. The molecule has 2 atom stereocenters. The number of rotatable bonds is 4. The van der Waals surface area contributed by atoms with Crippen molar-refractivity contribution in [3.05, 3.63) is 29.3 Å². The van der Waals surface area contributed by atoms with Gasteiger partial charge in [0.2, 0.25) is 15.9 Å². The Balaban J connectivity index is 2.21. The molecule has 1 heterocycles. The zero-order valence-electron chi connectivity index (χ0n) is 11.8. The fraction of sp³-hybridized carbons (Fsp3) is 0.462. The first-order valence-corrected chi connectivity index (χ1v) is 8.37. The first-order valence-electron chi connectivity index (χ1n) is 6.51. The number of amides is 1. The number of carbonyl (C=O) groups is 1. The average molecular weight is 332 g/mol. The van der Waals surface area contributed by atoms with E-state index in [1.54, 1.807) is 19.2 Å². The fourth-order valence-electron chi connectivity index (χ4n) is 2.47. The number of likely N-dealkylation sites (N-methyl/N-ethyl adjacent to an activating group) is 1. The Bertz CT molecular complexity index is 635. The summed E-state index contributed by atoms with van der Waals surface area (Å²) >= 11 is 5.83. The van der Waals surface area contributed by atoms with Gasteiger partial charge >= 0.3 is 0 Å². The number of benzene rings is 1. The predicted octanol–water partition coefficient (Wildman–Crippen LogP) is 0.295. The number of halogens is 1. The van der Waals surface area contributed by atoms with Crippen molar-refractivity contribution in [3.63, 3.8) is 0 Å². The van der Waals surface area contributed by atoms with Crippen molar-refractivity contribution in [1.29, 1.82) is 0 Å². The lowest BCUT2D eigenvalue weighted by Gasteiger charge is -2.18. The second-order valence-electron chi connectivity index (χ2n) is 5.13. The molecule has 1 aromatic carbocycles. The summed E-state index contributed by atoms with van der Waals surface area (Å²) in [6, 6.07) is 5.59. The molecular weight excluding hydrogens is 314 g/mol. The van der Waals surface area contributed by atoms with E-state index in [0.717, 1.165) is 0 Å². The van der Waals surface area contributed by atoms with Crippen LogP contribution in [0.4, 0.5) is 0 Å². The third kappa shape index (κ3) is 3.74. The molecule has 21 heavy (non-hydrogen) atoms. The number of nitrogens with one attached hydrogen (secondary N) is 2. The van der Waals surface area contributed by atoms with Crippen LogP contribution in [0.3, 0.4) is 0 Å². The molecule has 0 spiro atoms. The first-order chi connectivity index (χ1) is 9.83. The van der Waals surface area contributed by atoms with Gasteiger partial charge in [0.1, 0.15) is 0 Å². The summed E-state index contributed by atoms with van der Waals surface area (Å²) in [5.41, 5.74) is 0. The molecule has 1 fully saturated rings. The number of hydrogen-bond acceptors (Lipinski definition) is 4. The van der Waals surface area contributed by atoms with Crippen LogP contribution >= 0.6 is 11.6 Å². The second kappa shape index (κ2) is 6.31. The van der Waals surface area contributed by atoms with Crippen LogP contribution in [0.2, 0.25) is 5.02 Å². The minimum absolute atomic E-state index is 0.0974. The Morgan fingerprint density at radius 1 is 1.38 bits per heavy atom. The molecule has 0 aromatic heterocycles. The van der Waals surface area contributed by atoms with Crippen molar-refractivity contribution in [1.82, 2.24) is 14.9 Å². The smallest absolute Gasteiger partial charge is 0.240 e. The lowest BCUT2D eigenvalue weighted by atomic mass is 10.0. The molecular formula is C13H18ClN3O3S. The van der Waals surface area contributed by atoms with Crippen LogP contribution in [0.25, 0.3) is 0 Å². The first kappa shape index (κ1) is 16.2. The number of hydrogen-bond donors (Lipinski definition) is 2. The van der Waals surface area contributed by atoms with Crippen LogP contribution in [0.1, 0.15) is 0 Å². The molecule has 8 heteroatoms. The second-order valence-corrected chi connectivity index (χ2v) is 7.28. The Kier molecular flexibility index (Phi) is 4.88. The van der Waals surface area contributed by atoms with Crippen molar-refractivity contribution >= 4 is 27.5 Å². The quantitative estimate of drug-likeness (QED) is 0.831. The normalized spacial score (nSPS) is 23.2. The molecule has 0 radical (unpaired) electrons. The fourth-order valence-corrected chi connectivity index (χ4v) is 4.04. The van der Waals surface area contributed by atoms with E-state index in [-0.39, 0.29) is 10.8 Å². The monoisotopic (exact) mass is 331 g/mol. The van der Waals surface area contributed by atoms with Gasteiger partial charge in [-0.25, -0.2) is 13.1 Å². The highest BCUT2D eigenvalue weighted by molar-refractivity contribution is 7.89. The van der Waals surface area contributed by atoms with E-state index < -0.39 is 22.0 Å². The molecule has 1 saturated heterocycles. The van der Waals surface area contributed by atoms with Crippen molar-refractivity contribution in [2.45, 2.75) is 10.9 Å². The lowest BCUT2D eigenvalue weighted by Crippen LogP contribution is -2.45. The maximum absolute atomic E-state index is 12.4. The number of sulfonamides is 1. The van der Waals surface area contributed by atoms with Gasteiger partial charge in [0, 0.05) is 31.2 Å². The van der Waals surface area contributed by atoms with E-state index in [2.05, 4.69) is 10.0 Å². The average Bonchev–Trinajstić information content (AvgIpc) is 2.78. The van der Waals surface area contributed by atoms with Gasteiger partial charge in [-0.05, 0) is 25.2 Å². The van der Waals surface area contributed by atoms with Crippen molar-refractivity contribution in [2.75, 3.05) is 27.2 Å². The van der Waals surface area contributed by atoms with Gasteiger partial charge in [0.25, 0.3) is 0 Å². The van der Waals surface area contributed by atoms with Gasteiger partial charge in [0.15, 0.2) is 0 Å². The third-order valence-electron chi connectivity index (χ3n) is 3.50. The Morgan fingerprint density at radius 2 is 2.10 bits per heavy atom. The van der Waals surface area contributed by atoms with Gasteiger partial charge in [-0.2, -0.15) is 0 Å². The maximum atomic E-state index is 12.4. The molecule has 1 aliphatic heterocycles. The van der Waals surface area contributed by atoms with Crippen LogP contribution < -0.4 is 10.0 Å². The number of nitrogens with zero attached hydrogens (tertiary/aromatic N) is 1. The van der Waals surface area contributed by atoms with Crippen molar-refractivity contribution < 1.29 is 13.2 Å². The van der Waals surface area contributed by atoms with Crippen LogP contribution in [0.5, 0.6) is 0 Å². The summed E-state index contributed by atoms with van der Waals surface area (Å²) in [5.74, 6) is -0.577. The summed E-state index contributed by atoms with van der Waals surface area (Å²) in [7, 11) is -0.310. The molecule has 1 amide bonds. The summed E-state index contributed by atoms with van der Waals surface area (Å²) in [5, 5.41) is 2.92. The summed E-state index contributed by atoms with van der Waals surface area (Å²) < 4.78 is 27.4. The van der Waals surface area contributed by atoms with Gasteiger partial charge in [0.05, 0.1) is 10.8 Å². The highest BCUT2D eigenvalue weighted by Crippen LogP contribution is 2.20. The van der Waals surface area contributed by atoms with E-state index in [4.69, 9.17) is 11.6 Å². The van der Waals surface area contributed by atoms with Gasteiger partial charge in [-0.15, -0.1) is 0 Å². The van der Waals surface area contributed by atoms with Gasteiger partial charge in [-0.1, -0.05) is 17.7 Å². The largest absolute Gasteiger partial charge is 0.359 e. The zero-order chi connectivity index (χ0) is 15.6. The molecule has 116 valence electrons. The highest BCUT2D eigenvalue weighted by Gasteiger charge is 2.38. The maximum Gasteiger partial charge on any atom is 0.240 e. The molecule has 0 bridgehead atoms. The molecule has 1 aromatic rings. The molecule has 0 unspecified atom stereocenters. The molecule has 2 N–H and O–H groups in total. The zero-order valence-corrected chi connectivity index (χ0v) is 13.4. The van der Waals surface area contributed by atoms with E-state index in [1.165, 1.54) is 12.1 Å². The standard InChI is InChI=1S/C13H18ClN3O3S/c1-15-13(18)11-7-17(2)8-12(11)16-21(19,20)10-5-3-4-9(14)6-10/h3-6,11-12,16H,7-8H2,1-2H3,(H,15,18)/t11-,12-/m0/s1. The molecule has 1 aliphatic rings. The van der Waals surface area contributed by atoms with Crippen LogP contribution in [-0.2, 0) is 14.8 Å². The molecule has 0 aliphatic carbocycles. The Morgan fingerprint density at radius 3 is 2.71 bits per heavy atom. The van der Waals surface area contributed by atoms with E-state index in [0.29, 0.717) is 18.1 Å². The Labute approximate surface area is 129 Å². The van der Waals surface area contributed by atoms with E-state index in [1.807, 2.05) is 11.9 Å². The topological polar surface area (TPSA) is 78.5 Å². The highest BCUT2D eigenvalue weighted by atomic mass is 35.5.